The molecule has 0 amide bonds. The van der Waals surface area contributed by atoms with E-state index >= 15 is 0 Å². The molecule has 2 unspecified atom stereocenters. The fourth-order valence-corrected chi connectivity index (χ4v) is 3.83. The van der Waals surface area contributed by atoms with Gasteiger partial charge in [0.2, 0.25) is 0 Å². The molecular formula is C19H28Cl2IN3O3. The normalized spacial score (nSPS) is 22.7. The minimum Gasteiger partial charge on any atom is -0.492 e. The number of nitrogens with zero attached hydrogens (tertiary/aromatic N) is 2. The molecular weight excluding hydrogens is 516 g/mol. The fraction of sp³-hybridized carbons (Fsp3) is 0.632. The summed E-state index contributed by atoms with van der Waals surface area (Å²) < 4.78 is 17.4. The van der Waals surface area contributed by atoms with E-state index in [-0.39, 0.29) is 36.2 Å². The van der Waals surface area contributed by atoms with Crippen LogP contribution in [0.2, 0.25) is 10.0 Å². The molecule has 1 aromatic rings. The first-order valence-corrected chi connectivity index (χ1v) is 10.2. The SMILES string of the molecule is CN=C(NCCCOc1ccc(Cl)cc1Cl)N1CCOC(C2CCCO2)C1.I. The van der Waals surface area contributed by atoms with Gasteiger partial charge in [-0.3, -0.25) is 4.99 Å². The van der Waals surface area contributed by atoms with Crippen LogP contribution in [0.1, 0.15) is 19.3 Å². The summed E-state index contributed by atoms with van der Waals surface area (Å²) in [6, 6.07) is 5.24. The van der Waals surface area contributed by atoms with Gasteiger partial charge in [0.15, 0.2) is 5.96 Å². The zero-order valence-electron chi connectivity index (χ0n) is 16.0. The average molecular weight is 544 g/mol. The molecule has 2 atom stereocenters. The van der Waals surface area contributed by atoms with Gasteiger partial charge in [-0.15, -0.1) is 24.0 Å². The molecule has 0 radical (unpaired) electrons. The van der Waals surface area contributed by atoms with Crippen LogP contribution in [0.3, 0.4) is 0 Å². The fourth-order valence-electron chi connectivity index (χ4n) is 3.37. The first-order valence-electron chi connectivity index (χ1n) is 9.44. The lowest BCUT2D eigenvalue weighted by molar-refractivity contribution is -0.0816. The highest BCUT2D eigenvalue weighted by Gasteiger charge is 2.32. The Morgan fingerprint density at radius 3 is 2.82 bits per heavy atom. The van der Waals surface area contributed by atoms with Crippen LogP contribution in [0, 0.1) is 0 Å². The molecule has 2 saturated heterocycles. The van der Waals surface area contributed by atoms with Crippen molar-refractivity contribution in [1.29, 1.82) is 0 Å². The highest BCUT2D eigenvalue weighted by molar-refractivity contribution is 14.0. The lowest BCUT2D eigenvalue weighted by atomic mass is 10.1. The maximum absolute atomic E-state index is 6.11. The van der Waals surface area contributed by atoms with E-state index in [9.17, 15) is 0 Å². The first-order chi connectivity index (χ1) is 13.2. The predicted molar refractivity (Wildman–Crippen MR) is 124 cm³/mol. The lowest BCUT2D eigenvalue weighted by Crippen LogP contribution is -2.53. The number of rotatable bonds is 6. The minimum absolute atomic E-state index is 0. The largest absolute Gasteiger partial charge is 0.492 e. The average Bonchev–Trinajstić information content (AvgIpc) is 3.21. The third-order valence-electron chi connectivity index (χ3n) is 4.74. The second-order valence-electron chi connectivity index (χ2n) is 6.66. The summed E-state index contributed by atoms with van der Waals surface area (Å²) in [5.74, 6) is 1.55. The summed E-state index contributed by atoms with van der Waals surface area (Å²) in [6.45, 7) is 4.51. The van der Waals surface area contributed by atoms with E-state index in [0.717, 1.165) is 51.5 Å². The van der Waals surface area contributed by atoms with E-state index in [1.165, 1.54) is 0 Å². The number of halogens is 3. The molecule has 6 nitrogen and oxygen atoms in total. The molecule has 0 aliphatic carbocycles. The van der Waals surface area contributed by atoms with Crippen LogP contribution in [0.25, 0.3) is 0 Å². The summed E-state index contributed by atoms with van der Waals surface area (Å²) in [4.78, 5) is 6.65. The monoisotopic (exact) mass is 543 g/mol. The third kappa shape index (κ3) is 6.79. The van der Waals surface area contributed by atoms with Crippen molar-refractivity contribution in [3.8, 4) is 5.75 Å². The molecule has 2 aliphatic heterocycles. The number of benzene rings is 1. The van der Waals surface area contributed by atoms with Crippen LogP contribution in [0.4, 0.5) is 0 Å². The highest BCUT2D eigenvalue weighted by atomic mass is 127. The summed E-state index contributed by atoms with van der Waals surface area (Å²) in [7, 11) is 1.81. The molecule has 1 N–H and O–H groups in total. The number of guanidine groups is 1. The Balaban J connectivity index is 0.00000280. The molecule has 0 spiro atoms. The Hall–Kier alpha value is -0.480. The van der Waals surface area contributed by atoms with E-state index in [2.05, 4.69) is 15.2 Å². The van der Waals surface area contributed by atoms with E-state index < -0.39 is 0 Å². The minimum atomic E-state index is 0. The molecule has 0 saturated carbocycles. The Morgan fingerprint density at radius 1 is 1.29 bits per heavy atom. The highest BCUT2D eigenvalue weighted by Crippen LogP contribution is 2.27. The zero-order chi connectivity index (χ0) is 19.1. The van der Waals surface area contributed by atoms with Crippen LogP contribution >= 0.6 is 47.2 Å². The van der Waals surface area contributed by atoms with Gasteiger partial charge < -0.3 is 24.4 Å². The van der Waals surface area contributed by atoms with E-state index in [4.69, 9.17) is 37.4 Å². The van der Waals surface area contributed by atoms with Gasteiger partial charge in [-0.05, 0) is 37.5 Å². The number of aliphatic imine (C=N–C) groups is 1. The first kappa shape index (κ1) is 23.8. The Labute approximate surface area is 193 Å². The molecule has 3 rings (SSSR count). The quantitative estimate of drug-likeness (QED) is 0.256. The summed E-state index contributed by atoms with van der Waals surface area (Å²) >= 11 is 12.0. The molecule has 9 heteroatoms. The van der Waals surface area contributed by atoms with Gasteiger partial charge in [0.1, 0.15) is 11.9 Å². The number of nitrogens with one attached hydrogen (secondary N) is 1. The van der Waals surface area contributed by atoms with Gasteiger partial charge >= 0.3 is 0 Å². The summed E-state index contributed by atoms with van der Waals surface area (Å²) in [5, 5.41) is 4.53. The number of hydrogen-bond donors (Lipinski definition) is 1. The molecule has 2 fully saturated rings. The predicted octanol–water partition coefficient (Wildman–Crippen LogP) is 3.84. The van der Waals surface area contributed by atoms with E-state index in [0.29, 0.717) is 29.0 Å². The van der Waals surface area contributed by atoms with E-state index in [1.807, 2.05) is 7.05 Å². The van der Waals surface area contributed by atoms with Crippen LogP contribution in [-0.2, 0) is 9.47 Å². The molecule has 2 aliphatic rings. The topological polar surface area (TPSA) is 55.3 Å². The van der Waals surface area contributed by atoms with Gasteiger partial charge in [0.25, 0.3) is 0 Å². The van der Waals surface area contributed by atoms with Crippen molar-refractivity contribution in [3.05, 3.63) is 28.2 Å². The summed E-state index contributed by atoms with van der Waals surface area (Å²) in [5.41, 5.74) is 0. The van der Waals surface area contributed by atoms with Crippen molar-refractivity contribution in [3.63, 3.8) is 0 Å². The molecule has 0 aromatic heterocycles. The van der Waals surface area contributed by atoms with Crippen LogP contribution in [-0.4, -0.2) is 69.6 Å². The van der Waals surface area contributed by atoms with Gasteiger partial charge in [-0.2, -0.15) is 0 Å². The molecule has 2 heterocycles. The van der Waals surface area contributed by atoms with Gasteiger partial charge in [-0.25, -0.2) is 0 Å². The molecule has 0 bridgehead atoms. The van der Waals surface area contributed by atoms with Crippen LogP contribution in [0.5, 0.6) is 5.75 Å². The van der Waals surface area contributed by atoms with Crippen molar-refractivity contribution in [2.45, 2.75) is 31.5 Å². The Kier molecular flexibility index (Phi) is 10.4. The van der Waals surface area contributed by atoms with Crippen molar-refractivity contribution in [2.24, 2.45) is 4.99 Å². The molecule has 1 aromatic carbocycles. The second kappa shape index (κ2) is 12.3. The Morgan fingerprint density at radius 2 is 2.11 bits per heavy atom. The third-order valence-corrected chi connectivity index (χ3v) is 5.27. The second-order valence-corrected chi connectivity index (χ2v) is 7.50. The number of morpholine rings is 1. The van der Waals surface area contributed by atoms with Crippen molar-refractivity contribution in [2.75, 3.05) is 46.5 Å². The standard InChI is InChI=1S/C19H27Cl2N3O3.HI/c1-22-19(24-8-11-27-18(13-24)17-4-2-9-26-17)23-7-3-10-25-16-6-5-14(20)12-15(16)21;/h5-6,12,17-18H,2-4,7-11,13H2,1H3,(H,22,23);1H. The van der Waals surface area contributed by atoms with Gasteiger partial charge in [0, 0.05) is 38.3 Å². The van der Waals surface area contributed by atoms with Crippen molar-refractivity contribution in [1.82, 2.24) is 10.2 Å². The van der Waals surface area contributed by atoms with Crippen LogP contribution in [0.15, 0.2) is 23.2 Å². The smallest absolute Gasteiger partial charge is 0.193 e. The summed E-state index contributed by atoms with van der Waals surface area (Å²) in [6.07, 6.45) is 3.36. The van der Waals surface area contributed by atoms with E-state index in [1.54, 1.807) is 18.2 Å². The Bertz CT molecular complexity index is 645. The van der Waals surface area contributed by atoms with Gasteiger partial charge in [0.05, 0.1) is 24.3 Å². The van der Waals surface area contributed by atoms with Crippen molar-refractivity contribution >= 4 is 53.1 Å². The van der Waals surface area contributed by atoms with Crippen LogP contribution < -0.4 is 10.1 Å². The zero-order valence-corrected chi connectivity index (χ0v) is 19.9. The number of ether oxygens (including phenoxy) is 3. The molecule has 28 heavy (non-hydrogen) atoms. The van der Waals surface area contributed by atoms with Gasteiger partial charge in [-0.1, -0.05) is 23.2 Å². The maximum Gasteiger partial charge on any atom is 0.193 e. The number of hydrogen-bond acceptors (Lipinski definition) is 4. The molecule has 158 valence electrons. The lowest BCUT2D eigenvalue weighted by Gasteiger charge is -2.37. The van der Waals surface area contributed by atoms with Crippen molar-refractivity contribution < 1.29 is 14.2 Å². The maximum atomic E-state index is 6.11.